The molecule has 1 aliphatic carbocycles. The second-order valence-electron chi connectivity index (χ2n) is 6.78. The predicted molar refractivity (Wildman–Crippen MR) is 92.3 cm³/mol. The molecule has 2 aromatic rings. The zero-order valence-electron chi connectivity index (χ0n) is 14.9. The van der Waals surface area contributed by atoms with Crippen molar-refractivity contribution in [3.05, 3.63) is 47.3 Å². The maximum Gasteiger partial charge on any atom is 0.418 e. The lowest BCUT2D eigenvalue weighted by atomic mass is 9.94. The zero-order valence-corrected chi connectivity index (χ0v) is 14.9. The summed E-state index contributed by atoms with van der Waals surface area (Å²) >= 11 is 0. The molecule has 0 N–H and O–H groups in total. The number of alkyl halides is 3. The fourth-order valence-corrected chi connectivity index (χ4v) is 3.58. The van der Waals surface area contributed by atoms with Gasteiger partial charge in [-0.25, -0.2) is 4.68 Å². The first-order valence-corrected chi connectivity index (χ1v) is 8.79. The zero-order chi connectivity index (χ0) is 18.9. The van der Waals surface area contributed by atoms with Gasteiger partial charge in [0, 0.05) is 13.1 Å². The van der Waals surface area contributed by atoms with E-state index < -0.39 is 11.7 Å². The van der Waals surface area contributed by atoms with E-state index in [2.05, 4.69) is 5.10 Å². The summed E-state index contributed by atoms with van der Waals surface area (Å²) < 4.78 is 41.1. The van der Waals surface area contributed by atoms with Crippen LogP contribution in [0.25, 0.3) is 5.69 Å². The number of carbonyl (C=O) groups excluding carboxylic acids is 1. The molecule has 26 heavy (non-hydrogen) atoms. The second-order valence-corrected chi connectivity index (χ2v) is 6.78. The molecular weight excluding hydrogens is 343 g/mol. The highest BCUT2D eigenvalue weighted by Gasteiger charge is 2.34. The molecule has 0 spiro atoms. The molecule has 3 rings (SSSR count). The normalized spacial score (nSPS) is 15.9. The Hall–Kier alpha value is -2.31. The quantitative estimate of drug-likeness (QED) is 0.797. The SMILES string of the molecule is Cc1c(C(=O)N(C)C2CCCCC2)cnn1-c1ccccc1C(F)(F)F. The van der Waals surface area contributed by atoms with Crippen LogP contribution in [0.3, 0.4) is 0 Å². The van der Waals surface area contributed by atoms with Gasteiger partial charge in [-0.15, -0.1) is 0 Å². The van der Waals surface area contributed by atoms with Gasteiger partial charge in [0.25, 0.3) is 5.91 Å². The summed E-state index contributed by atoms with van der Waals surface area (Å²) in [6.45, 7) is 1.63. The first-order chi connectivity index (χ1) is 12.3. The Bertz CT molecular complexity index is 792. The molecule has 4 nitrogen and oxygen atoms in total. The number of para-hydroxylation sites is 1. The number of hydrogen-bond acceptors (Lipinski definition) is 2. The Kier molecular flexibility index (Phi) is 5.07. The minimum atomic E-state index is -4.49. The lowest BCUT2D eigenvalue weighted by Gasteiger charge is -2.31. The van der Waals surface area contributed by atoms with Crippen LogP contribution < -0.4 is 0 Å². The van der Waals surface area contributed by atoms with Crippen molar-refractivity contribution in [2.45, 2.75) is 51.2 Å². The van der Waals surface area contributed by atoms with Gasteiger partial charge in [-0.3, -0.25) is 4.79 Å². The third-order valence-electron chi connectivity index (χ3n) is 5.12. The van der Waals surface area contributed by atoms with E-state index in [0.717, 1.165) is 31.7 Å². The van der Waals surface area contributed by atoms with E-state index in [1.165, 1.54) is 35.5 Å². The van der Waals surface area contributed by atoms with Gasteiger partial charge in [0.15, 0.2) is 0 Å². The Balaban J connectivity index is 1.93. The molecule has 0 unspecified atom stereocenters. The Morgan fingerprint density at radius 3 is 2.50 bits per heavy atom. The highest BCUT2D eigenvalue weighted by Crippen LogP contribution is 2.34. The summed E-state index contributed by atoms with van der Waals surface area (Å²) in [4.78, 5) is 14.6. The molecule has 1 aromatic carbocycles. The molecule has 140 valence electrons. The minimum Gasteiger partial charge on any atom is -0.339 e. The van der Waals surface area contributed by atoms with Gasteiger partial charge < -0.3 is 4.90 Å². The van der Waals surface area contributed by atoms with Crippen molar-refractivity contribution in [3.8, 4) is 5.69 Å². The van der Waals surface area contributed by atoms with Crippen molar-refractivity contribution >= 4 is 5.91 Å². The van der Waals surface area contributed by atoms with Crippen molar-refractivity contribution in [1.82, 2.24) is 14.7 Å². The molecule has 0 bridgehead atoms. The third-order valence-corrected chi connectivity index (χ3v) is 5.12. The highest BCUT2D eigenvalue weighted by atomic mass is 19.4. The van der Waals surface area contributed by atoms with E-state index in [1.807, 2.05) is 0 Å². The van der Waals surface area contributed by atoms with Crippen molar-refractivity contribution in [2.75, 3.05) is 7.05 Å². The molecule has 0 atom stereocenters. The van der Waals surface area contributed by atoms with E-state index in [1.54, 1.807) is 18.9 Å². The molecule has 1 aliphatic rings. The smallest absolute Gasteiger partial charge is 0.339 e. The van der Waals surface area contributed by atoms with Crippen LogP contribution in [-0.2, 0) is 6.18 Å². The van der Waals surface area contributed by atoms with Crippen molar-refractivity contribution in [2.24, 2.45) is 0 Å². The second kappa shape index (κ2) is 7.13. The number of benzene rings is 1. The number of rotatable bonds is 3. The summed E-state index contributed by atoms with van der Waals surface area (Å²) in [5, 5.41) is 4.08. The van der Waals surface area contributed by atoms with Gasteiger partial charge >= 0.3 is 6.18 Å². The van der Waals surface area contributed by atoms with Gasteiger partial charge in [-0.2, -0.15) is 18.3 Å². The van der Waals surface area contributed by atoms with E-state index in [4.69, 9.17) is 0 Å². The number of halogens is 3. The molecule has 1 saturated carbocycles. The maximum absolute atomic E-state index is 13.3. The van der Waals surface area contributed by atoms with Crippen LogP contribution >= 0.6 is 0 Å². The maximum atomic E-state index is 13.3. The minimum absolute atomic E-state index is 0.0723. The lowest BCUT2D eigenvalue weighted by Crippen LogP contribution is -2.38. The Labute approximate surface area is 150 Å². The van der Waals surface area contributed by atoms with Crippen LogP contribution in [0.2, 0.25) is 0 Å². The Morgan fingerprint density at radius 1 is 1.19 bits per heavy atom. The van der Waals surface area contributed by atoms with Gasteiger partial charge in [0.1, 0.15) is 0 Å². The van der Waals surface area contributed by atoms with Crippen LogP contribution in [0.15, 0.2) is 30.5 Å². The molecule has 1 aromatic heterocycles. The summed E-state index contributed by atoms with van der Waals surface area (Å²) in [6.07, 6.45) is 2.18. The summed E-state index contributed by atoms with van der Waals surface area (Å²) in [5.41, 5.74) is -0.0906. The monoisotopic (exact) mass is 365 g/mol. The van der Waals surface area contributed by atoms with Gasteiger partial charge in [0.2, 0.25) is 0 Å². The van der Waals surface area contributed by atoms with Crippen molar-refractivity contribution in [1.29, 1.82) is 0 Å². The largest absolute Gasteiger partial charge is 0.418 e. The van der Waals surface area contributed by atoms with Crippen LogP contribution in [-0.4, -0.2) is 33.7 Å². The number of hydrogen-bond donors (Lipinski definition) is 0. The van der Waals surface area contributed by atoms with E-state index in [0.29, 0.717) is 11.3 Å². The molecule has 1 fully saturated rings. The fraction of sp³-hybridized carbons (Fsp3) is 0.474. The summed E-state index contributed by atoms with van der Waals surface area (Å²) in [5.74, 6) is -0.190. The lowest BCUT2D eigenvalue weighted by molar-refractivity contribution is -0.137. The highest BCUT2D eigenvalue weighted by molar-refractivity contribution is 5.95. The number of amides is 1. The van der Waals surface area contributed by atoms with Crippen LogP contribution in [0.1, 0.15) is 53.7 Å². The predicted octanol–water partition coefficient (Wildman–Crippen LogP) is 4.60. The van der Waals surface area contributed by atoms with E-state index in [-0.39, 0.29) is 17.6 Å². The standard InChI is InChI=1S/C19H22F3N3O/c1-13-15(18(26)24(2)14-8-4-3-5-9-14)12-23-25(13)17-11-7-6-10-16(17)19(20,21)22/h6-7,10-12,14H,3-5,8-9H2,1-2H3. The first kappa shape index (κ1) is 18.5. The van der Waals surface area contributed by atoms with Crippen LogP contribution in [0.5, 0.6) is 0 Å². The van der Waals surface area contributed by atoms with Gasteiger partial charge in [-0.05, 0) is 31.9 Å². The third kappa shape index (κ3) is 3.48. The van der Waals surface area contributed by atoms with Crippen molar-refractivity contribution in [3.63, 3.8) is 0 Å². The molecule has 0 radical (unpaired) electrons. The average Bonchev–Trinajstić information content (AvgIpc) is 3.02. The van der Waals surface area contributed by atoms with Gasteiger partial charge in [-0.1, -0.05) is 31.4 Å². The number of carbonyl (C=O) groups is 1. The molecule has 7 heteroatoms. The number of nitrogens with zero attached hydrogens (tertiary/aromatic N) is 3. The summed E-state index contributed by atoms with van der Waals surface area (Å²) in [6, 6.07) is 5.44. The van der Waals surface area contributed by atoms with E-state index >= 15 is 0 Å². The van der Waals surface area contributed by atoms with Crippen molar-refractivity contribution < 1.29 is 18.0 Å². The van der Waals surface area contributed by atoms with Gasteiger partial charge in [0.05, 0.1) is 28.7 Å². The van der Waals surface area contributed by atoms with Crippen LogP contribution in [0.4, 0.5) is 13.2 Å². The topological polar surface area (TPSA) is 38.1 Å². The van der Waals surface area contributed by atoms with Crippen LogP contribution in [0, 0.1) is 6.92 Å². The first-order valence-electron chi connectivity index (χ1n) is 8.79. The van der Waals surface area contributed by atoms with E-state index in [9.17, 15) is 18.0 Å². The molecule has 0 aliphatic heterocycles. The molecule has 1 heterocycles. The Morgan fingerprint density at radius 2 is 1.85 bits per heavy atom. The average molecular weight is 365 g/mol. The molecule has 0 saturated heterocycles. The molecule has 1 amide bonds. The number of aromatic nitrogens is 2. The summed E-state index contributed by atoms with van der Waals surface area (Å²) in [7, 11) is 1.76. The fourth-order valence-electron chi connectivity index (χ4n) is 3.58. The molecular formula is C19H22F3N3O.